The zero-order chi connectivity index (χ0) is 17.9. The highest BCUT2D eigenvalue weighted by molar-refractivity contribution is 7.80. The van der Waals surface area contributed by atoms with Gasteiger partial charge in [0, 0.05) is 30.3 Å². The number of aliphatic hydroxyl groups excluding tert-OH is 1. The molecular formula is C20H20N4OS. The molecule has 2 N–H and O–H groups in total. The first-order chi connectivity index (χ1) is 12.8. The fraction of sp³-hybridized carbons (Fsp3) is 0.200. The van der Waals surface area contributed by atoms with E-state index in [0.29, 0.717) is 11.7 Å². The Kier molecular flexibility index (Phi) is 4.69. The van der Waals surface area contributed by atoms with Crippen LogP contribution >= 0.6 is 12.2 Å². The molecule has 6 heteroatoms. The van der Waals surface area contributed by atoms with E-state index in [2.05, 4.69) is 39.3 Å². The number of β-amino-alcohol motifs (C(OH)–C–C–N with tert-alkyl or cyclic N) is 1. The number of rotatable bonds is 5. The number of pyridine rings is 1. The molecule has 3 aromatic rings. The first kappa shape index (κ1) is 16.8. The molecule has 0 unspecified atom stereocenters. The Hall–Kier alpha value is -2.70. The van der Waals surface area contributed by atoms with E-state index in [-0.39, 0.29) is 18.7 Å². The van der Waals surface area contributed by atoms with Crippen LogP contribution in [0.1, 0.15) is 23.5 Å². The van der Waals surface area contributed by atoms with Crippen LogP contribution in [0.3, 0.4) is 0 Å². The largest absolute Gasteiger partial charge is 0.395 e. The summed E-state index contributed by atoms with van der Waals surface area (Å²) in [6, 6.07) is 20.1. The molecule has 2 aromatic heterocycles. The molecule has 0 amide bonds. The third kappa shape index (κ3) is 2.98. The van der Waals surface area contributed by atoms with Gasteiger partial charge in [-0.3, -0.25) is 4.98 Å². The van der Waals surface area contributed by atoms with Crippen molar-refractivity contribution in [3.05, 3.63) is 84.4 Å². The lowest BCUT2D eigenvalue weighted by atomic mass is 10.0. The van der Waals surface area contributed by atoms with Crippen molar-refractivity contribution in [3.8, 4) is 5.69 Å². The smallest absolute Gasteiger partial charge is 0.170 e. The molecule has 0 aliphatic carbocycles. The Bertz CT molecular complexity index is 881. The van der Waals surface area contributed by atoms with Gasteiger partial charge >= 0.3 is 0 Å². The van der Waals surface area contributed by atoms with Crippen molar-refractivity contribution < 1.29 is 5.11 Å². The highest BCUT2D eigenvalue weighted by Gasteiger charge is 2.40. The van der Waals surface area contributed by atoms with Gasteiger partial charge in [0.05, 0.1) is 24.4 Å². The highest BCUT2D eigenvalue weighted by atomic mass is 32.1. The van der Waals surface area contributed by atoms with E-state index in [0.717, 1.165) is 17.1 Å². The summed E-state index contributed by atoms with van der Waals surface area (Å²) in [6.45, 7) is 0.513. The lowest BCUT2D eigenvalue weighted by Gasteiger charge is -2.28. The van der Waals surface area contributed by atoms with Crippen LogP contribution in [0, 0.1) is 0 Å². The summed E-state index contributed by atoms with van der Waals surface area (Å²) in [5, 5.41) is 13.6. The summed E-state index contributed by atoms with van der Waals surface area (Å²) in [5.74, 6) is 0. The second-order valence-corrected chi connectivity index (χ2v) is 6.57. The first-order valence-electron chi connectivity index (χ1n) is 8.61. The average Bonchev–Trinajstić information content (AvgIpc) is 3.28. The third-order valence-electron chi connectivity index (χ3n) is 4.66. The maximum absolute atomic E-state index is 9.55. The van der Waals surface area contributed by atoms with Crippen molar-refractivity contribution in [1.29, 1.82) is 0 Å². The minimum absolute atomic E-state index is 0.0410. The molecule has 1 aromatic carbocycles. The fourth-order valence-corrected chi connectivity index (χ4v) is 3.87. The van der Waals surface area contributed by atoms with E-state index in [1.807, 2.05) is 47.4 Å². The number of para-hydroxylation sites is 1. The van der Waals surface area contributed by atoms with Crippen molar-refractivity contribution in [2.45, 2.75) is 12.1 Å². The van der Waals surface area contributed by atoms with Gasteiger partial charge in [-0.1, -0.05) is 24.3 Å². The summed E-state index contributed by atoms with van der Waals surface area (Å²) in [7, 11) is 0. The number of hydrogen-bond acceptors (Lipinski definition) is 3. The second-order valence-electron chi connectivity index (χ2n) is 6.18. The molecule has 132 valence electrons. The molecule has 4 rings (SSSR count). The minimum Gasteiger partial charge on any atom is -0.395 e. The van der Waals surface area contributed by atoms with Crippen LogP contribution in [-0.2, 0) is 0 Å². The third-order valence-corrected chi connectivity index (χ3v) is 5.01. The molecular weight excluding hydrogens is 344 g/mol. The van der Waals surface area contributed by atoms with Crippen molar-refractivity contribution in [3.63, 3.8) is 0 Å². The predicted molar refractivity (Wildman–Crippen MR) is 105 cm³/mol. The number of aliphatic hydroxyl groups is 1. The maximum atomic E-state index is 9.55. The molecule has 1 fully saturated rings. The number of hydrogen-bond donors (Lipinski definition) is 2. The number of benzene rings is 1. The average molecular weight is 364 g/mol. The SMILES string of the molecule is OCCN1C(=S)N[C@H](c2ccccn2)[C@@H]1c1cccn1-c1ccccc1. The van der Waals surface area contributed by atoms with Gasteiger partial charge in [-0.15, -0.1) is 0 Å². The van der Waals surface area contributed by atoms with Crippen LogP contribution in [-0.4, -0.2) is 37.8 Å². The summed E-state index contributed by atoms with van der Waals surface area (Å²) in [5.41, 5.74) is 3.13. The monoisotopic (exact) mass is 364 g/mol. The van der Waals surface area contributed by atoms with Crippen LogP contribution in [0.15, 0.2) is 73.1 Å². The molecule has 0 bridgehead atoms. The van der Waals surface area contributed by atoms with Crippen LogP contribution < -0.4 is 5.32 Å². The molecule has 5 nitrogen and oxygen atoms in total. The van der Waals surface area contributed by atoms with E-state index in [1.54, 1.807) is 6.20 Å². The van der Waals surface area contributed by atoms with E-state index < -0.39 is 0 Å². The van der Waals surface area contributed by atoms with Crippen molar-refractivity contribution in [1.82, 2.24) is 19.8 Å². The number of aromatic nitrogens is 2. The summed E-state index contributed by atoms with van der Waals surface area (Å²) in [4.78, 5) is 6.58. The molecule has 1 aliphatic rings. The second kappa shape index (κ2) is 7.27. The first-order valence-corrected chi connectivity index (χ1v) is 9.02. The van der Waals surface area contributed by atoms with Gasteiger partial charge in [-0.05, 0) is 48.6 Å². The topological polar surface area (TPSA) is 53.3 Å². The number of thiocarbonyl (C=S) groups is 1. The van der Waals surface area contributed by atoms with E-state index in [1.165, 1.54) is 0 Å². The van der Waals surface area contributed by atoms with Crippen molar-refractivity contribution in [2.75, 3.05) is 13.2 Å². The minimum atomic E-state index is -0.0763. The Morgan fingerprint density at radius 3 is 2.58 bits per heavy atom. The molecule has 2 atom stereocenters. The van der Waals surface area contributed by atoms with Crippen LogP contribution in [0.4, 0.5) is 0 Å². The van der Waals surface area contributed by atoms with Crippen LogP contribution in [0.2, 0.25) is 0 Å². The zero-order valence-electron chi connectivity index (χ0n) is 14.2. The van der Waals surface area contributed by atoms with E-state index in [9.17, 15) is 5.11 Å². The Morgan fingerprint density at radius 1 is 1.04 bits per heavy atom. The Morgan fingerprint density at radius 2 is 1.85 bits per heavy atom. The van der Waals surface area contributed by atoms with Gasteiger partial charge in [0.15, 0.2) is 5.11 Å². The quantitative estimate of drug-likeness (QED) is 0.682. The van der Waals surface area contributed by atoms with Gasteiger partial charge < -0.3 is 19.9 Å². The molecule has 3 heterocycles. The van der Waals surface area contributed by atoms with E-state index in [4.69, 9.17) is 12.2 Å². The lowest BCUT2D eigenvalue weighted by Crippen LogP contribution is -2.32. The molecule has 26 heavy (non-hydrogen) atoms. The summed E-state index contributed by atoms with van der Waals surface area (Å²) < 4.78 is 2.17. The van der Waals surface area contributed by atoms with Gasteiger partial charge in [0.1, 0.15) is 0 Å². The van der Waals surface area contributed by atoms with Crippen LogP contribution in [0.25, 0.3) is 5.69 Å². The molecule has 1 saturated heterocycles. The van der Waals surface area contributed by atoms with Crippen molar-refractivity contribution in [2.24, 2.45) is 0 Å². The number of nitrogens with zero attached hydrogens (tertiary/aromatic N) is 3. The summed E-state index contributed by atoms with van der Waals surface area (Å²) in [6.07, 6.45) is 3.85. The lowest BCUT2D eigenvalue weighted by molar-refractivity contribution is 0.220. The fourth-order valence-electron chi connectivity index (χ4n) is 3.53. The van der Waals surface area contributed by atoms with Gasteiger partial charge in [0.25, 0.3) is 0 Å². The normalized spacial score (nSPS) is 19.6. The molecule has 0 saturated carbocycles. The predicted octanol–water partition coefficient (Wildman–Crippen LogP) is 2.84. The van der Waals surface area contributed by atoms with Gasteiger partial charge in [-0.25, -0.2) is 0 Å². The molecule has 0 radical (unpaired) electrons. The van der Waals surface area contributed by atoms with E-state index >= 15 is 0 Å². The molecule has 1 aliphatic heterocycles. The zero-order valence-corrected chi connectivity index (χ0v) is 15.0. The molecule has 0 spiro atoms. The van der Waals surface area contributed by atoms with Crippen molar-refractivity contribution >= 4 is 17.3 Å². The standard InChI is InChI=1S/C20H20N4OS/c25-14-13-24-19(18(22-20(24)26)16-9-4-5-11-21-16)17-10-6-12-23(17)15-7-2-1-3-8-15/h1-12,18-19,25H,13-14H2,(H,22,26)/t18-,19+/m1/s1. The Balaban J connectivity index is 1.81. The highest BCUT2D eigenvalue weighted by Crippen LogP contribution is 2.39. The number of nitrogens with one attached hydrogen (secondary N) is 1. The maximum Gasteiger partial charge on any atom is 0.170 e. The Labute approximate surface area is 157 Å². The van der Waals surface area contributed by atoms with Gasteiger partial charge in [-0.2, -0.15) is 0 Å². The summed E-state index contributed by atoms with van der Waals surface area (Å²) >= 11 is 5.56. The van der Waals surface area contributed by atoms with Crippen LogP contribution in [0.5, 0.6) is 0 Å². The van der Waals surface area contributed by atoms with Gasteiger partial charge in [0.2, 0.25) is 0 Å².